The SMILES string of the molecule is O=C(N[C@@H](Cc1c[nH]c2ccccc12)C(=O)N[C@@H](CCc1ccccc1)CNc1ccc(N2CCCCC2)cc1)OCc1ccccc1. The fraction of sp³-hybridized carbons (Fsp3) is 0.300. The lowest BCUT2D eigenvalue weighted by Gasteiger charge is -2.29. The first-order valence-electron chi connectivity index (χ1n) is 17.1. The Morgan fingerprint density at radius 1 is 0.771 bits per heavy atom. The quantitative estimate of drug-likeness (QED) is 0.102. The van der Waals surface area contributed by atoms with Gasteiger partial charge >= 0.3 is 6.09 Å². The molecule has 0 saturated carbocycles. The van der Waals surface area contributed by atoms with Gasteiger partial charge in [0.1, 0.15) is 12.6 Å². The molecule has 0 spiro atoms. The summed E-state index contributed by atoms with van der Waals surface area (Å²) >= 11 is 0. The number of nitrogens with zero attached hydrogens (tertiary/aromatic N) is 1. The van der Waals surface area contributed by atoms with Crippen molar-refractivity contribution >= 4 is 34.3 Å². The number of piperidine rings is 1. The Morgan fingerprint density at radius 3 is 2.21 bits per heavy atom. The van der Waals surface area contributed by atoms with Gasteiger partial charge in [-0.15, -0.1) is 0 Å². The van der Waals surface area contributed by atoms with Crippen LogP contribution >= 0.6 is 0 Å². The Kier molecular flexibility index (Phi) is 11.3. The summed E-state index contributed by atoms with van der Waals surface area (Å²) in [5, 5.41) is 10.7. The second-order valence-electron chi connectivity index (χ2n) is 12.5. The highest BCUT2D eigenvalue weighted by Crippen LogP contribution is 2.22. The maximum absolute atomic E-state index is 14.0. The Labute approximate surface area is 282 Å². The van der Waals surface area contributed by atoms with E-state index in [4.69, 9.17) is 4.74 Å². The maximum Gasteiger partial charge on any atom is 0.408 e. The van der Waals surface area contributed by atoms with Gasteiger partial charge in [-0.25, -0.2) is 4.79 Å². The lowest BCUT2D eigenvalue weighted by atomic mass is 10.0. The summed E-state index contributed by atoms with van der Waals surface area (Å²) in [7, 11) is 0. The van der Waals surface area contributed by atoms with E-state index in [9.17, 15) is 9.59 Å². The van der Waals surface area contributed by atoms with E-state index in [0.29, 0.717) is 13.0 Å². The van der Waals surface area contributed by atoms with Crippen LogP contribution in [0.25, 0.3) is 10.9 Å². The minimum Gasteiger partial charge on any atom is -0.445 e. The van der Waals surface area contributed by atoms with Gasteiger partial charge < -0.3 is 30.6 Å². The van der Waals surface area contributed by atoms with E-state index in [1.807, 2.05) is 79.0 Å². The van der Waals surface area contributed by atoms with Gasteiger partial charge in [0.05, 0.1) is 0 Å². The first kappa shape index (κ1) is 32.7. The minimum absolute atomic E-state index is 0.119. The van der Waals surface area contributed by atoms with Crippen LogP contribution in [0.2, 0.25) is 0 Å². The van der Waals surface area contributed by atoms with Crippen molar-refractivity contribution in [2.75, 3.05) is 29.9 Å². The van der Waals surface area contributed by atoms with Crippen LogP contribution < -0.4 is 20.9 Å². The molecule has 2 amide bonds. The smallest absolute Gasteiger partial charge is 0.408 e. The van der Waals surface area contributed by atoms with Crippen LogP contribution in [0.15, 0.2) is 115 Å². The molecule has 4 aromatic carbocycles. The Balaban J connectivity index is 1.15. The van der Waals surface area contributed by atoms with Crippen molar-refractivity contribution < 1.29 is 14.3 Å². The van der Waals surface area contributed by atoms with Gasteiger partial charge in [-0.05, 0) is 79.1 Å². The number of H-pyrrole nitrogens is 1. The van der Waals surface area contributed by atoms with Crippen LogP contribution in [0.1, 0.15) is 42.4 Å². The lowest BCUT2D eigenvalue weighted by molar-refractivity contribution is -0.123. The number of carbonyl (C=O) groups is 2. The minimum atomic E-state index is -0.837. The fourth-order valence-electron chi connectivity index (χ4n) is 6.33. The van der Waals surface area contributed by atoms with Crippen LogP contribution in [0.4, 0.5) is 16.2 Å². The zero-order chi connectivity index (χ0) is 33.0. The van der Waals surface area contributed by atoms with Gasteiger partial charge in [0.2, 0.25) is 5.91 Å². The number of ether oxygens (including phenoxy) is 1. The number of hydrogen-bond donors (Lipinski definition) is 4. The summed E-state index contributed by atoms with van der Waals surface area (Å²) in [5.41, 5.74) is 6.27. The van der Waals surface area contributed by atoms with E-state index in [0.717, 1.165) is 53.6 Å². The normalized spacial score (nSPS) is 14.2. The van der Waals surface area contributed by atoms with E-state index < -0.39 is 12.1 Å². The molecule has 0 aliphatic carbocycles. The van der Waals surface area contributed by atoms with Crippen molar-refractivity contribution in [3.8, 4) is 0 Å². The van der Waals surface area contributed by atoms with E-state index in [1.165, 1.54) is 30.5 Å². The molecule has 6 rings (SSSR count). The number of rotatable bonds is 14. The van der Waals surface area contributed by atoms with E-state index in [1.54, 1.807) is 0 Å². The number of amides is 2. The molecule has 1 aromatic heterocycles. The van der Waals surface area contributed by atoms with Crippen molar-refractivity contribution in [2.45, 2.75) is 57.2 Å². The average Bonchev–Trinajstić information content (AvgIpc) is 3.55. The first-order chi connectivity index (χ1) is 23.6. The predicted molar refractivity (Wildman–Crippen MR) is 193 cm³/mol. The average molecular weight is 644 g/mol. The number of aryl methyl sites for hydroxylation is 1. The first-order valence-corrected chi connectivity index (χ1v) is 17.1. The summed E-state index contributed by atoms with van der Waals surface area (Å²) in [6.45, 7) is 2.87. The molecule has 2 atom stereocenters. The molecule has 2 heterocycles. The van der Waals surface area contributed by atoms with E-state index >= 15 is 0 Å². The summed E-state index contributed by atoms with van der Waals surface area (Å²) in [6, 6.07) is 35.3. The number of benzene rings is 4. The van der Waals surface area contributed by atoms with Gasteiger partial charge in [-0.1, -0.05) is 78.9 Å². The van der Waals surface area contributed by atoms with Crippen LogP contribution in [-0.4, -0.2) is 48.7 Å². The topological polar surface area (TPSA) is 98.5 Å². The number of fused-ring (bicyclic) bond motifs is 1. The maximum atomic E-state index is 14.0. The standard InChI is InChI=1S/C40H45N5O3/c46-39(38(26-32-27-42-37-17-9-8-16-36(32)37)44-40(47)48-29-31-14-6-2-7-15-31)43-34(19-18-30-12-4-1-5-13-30)28-41-33-20-22-35(23-21-33)45-24-10-3-11-25-45/h1-2,4-9,12-17,20-23,27,34,38,41-42H,3,10-11,18-19,24-26,28-29H2,(H,43,46)(H,44,47)/t34-,38-/m0/s1. The third kappa shape index (κ3) is 9.18. The van der Waals surface area contributed by atoms with Crippen molar-refractivity contribution in [2.24, 2.45) is 0 Å². The van der Waals surface area contributed by atoms with Crippen LogP contribution in [0, 0.1) is 0 Å². The Hall–Kier alpha value is -5.24. The highest BCUT2D eigenvalue weighted by molar-refractivity contribution is 5.88. The zero-order valence-electron chi connectivity index (χ0n) is 27.4. The highest BCUT2D eigenvalue weighted by atomic mass is 16.5. The molecule has 0 bridgehead atoms. The van der Waals surface area contributed by atoms with Crippen molar-refractivity contribution in [3.05, 3.63) is 132 Å². The van der Waals surface area contributed by atoms with Crippen molar-refractivity contribution in [1.29, 1.82) is 0 Å². The third-order valence-electron chi connectivity index (χ3n) is 9.03. The molecule has 48 heavy (non-hydrogen) atoms. The zero-order valence-corrected chi connectivity index (χ0v) is 27.4. The molecule has 1 aliphatic heterocycles. The van der Waals surface area contributed by atoms with Crippen LogP contribution in [0.5, 0.6) is 0 Å². The van der Waals surface area contributed by atoms with E-state index in [-0.39, 0.29) is 18.6 Å². The van der Waals surface area contributed by atoms with Crippen LogP contribution in [-0.2, 0) is 29.0 Å². The summed E-state index contributed by atoms with van der Waals surface area (Å²) < 4.78 is 5.53. The van der Waals surface area contributed by atoms with Gasteiger partial charge in [0, 0.05) is 60.6 Å². The molecule has 4 N–H and O–H groups in total. The number of anilines is 2. The van der Waals surface area contributed by atoms with Crippen molar-refractivity contribution in [3.63, 3.8) is 0 Å². The molecule has 248 valence electrons. The fourth-order valence-corrected chi connectivity index (χ4v) is 6.33. The number of nitrogens with one attached hydrogen (secondary N) is 4. The molecule has 1 aliphatic rings. The lowest BCUT2D eigenvalue weighted by Crippen LogP contribution is -2.52. The van der Waals surface area contributed by atoms with Crippen molar-refractivity contribution in [1.82, 2.24) is 15.6 Å². The molecule has 5 aromatic rings. The molecule has 8 heteroatoms. The molecular weight excluding hydrogens is 598 g/mol. The molecule has 1 fully saturated rings. The largest absolute Gasteiger partial charge is 0.445 e. The predicted octanol–water partition coefficient (Wildman–Crippen LogP) is 7.23. The monoisotopic (exact) mass is 643 g/mol. The molecule has 0 unspecified atom stereocenters. The summed E-state index contributed by atoms with van der Waals surface area (Å²) in [6.07, 6.45) is 6.91. The third-order valence-corrected chi connectivity index (χ3v) is 9.03. The van der Waals surface area contributed by atoms with Gasteiger partial charge in [-0.2, -0.15) is 0 Å². The van der Waals surface area contributed by atoms with Crippen LogP contribution in [0.3, 0.4) is 0 Å². The van der Waals surface area contributed by atoms with Gasteiger partial charge in [-0.3, -0.25) is 4.79 Å². The molecule has 8 nitrogen and oxygen atoms in total. The summed E-state index contributed by atoms with van der Waals surface area (Å²) in [4.78, 5) is 32.8. The molecule has 1 saturated heterocycles. The van der Waals surface area contributed by atoms with E-state index in [2.05, 4.69) is 62.2 Å². The number of aromatic nitrogens is 1. The Bertz CT molecular complexity index is 1730. The number of para-hydroxylation sites is 1. The number of aromatic amines is 1. The second kappa shape index (κ2) is 16.5. The number of alkyl carbamates (subject to hydrolysis) is 1. The molecule has 0 radical (unpaired) electrons. The number of hydrogen-bond acceptors (Lipinski definition) is 5. The summed E-state index contributed by atoms with van der Waals surface area (Å²) in [5.74, 6) is -0.253. The number of carbonyl (C=O) groups excluding carboxylic acids is 2. The Morgan fingerprint density at radius 2 is 1.46 bits per heavy atom. The van der Waals surface area contributed by atoms with Gasteiger partial charge in [0.15, 0.2) is 0 Å². The highest BCUT2D eigenvalue weighted by Gasteiger charge is 2.26. The van der Waals surface area contributed by atoms with Gasteiger partial charge in [0.25, 0.3) is 0 Å². The molecular formula is C40H45N5O3. The second-order valence-corrected chi connectivity index (χ2v) is 12.5.